The van der Waals surface area contributed by atoms with Gasteiger partial charge in [0.25, 0.3) is 0 Å². The maximum atomic E-state index is 11.9. The van der Waals surface area contributed by atoms with Gasteiger partial charge in [-0.15, -0.1) is 0 Å². The van der Waals surface area contributed by atoms with Crippen molar-refractivity contribution < 1.29 is 9.90 Å². The molecule has 1 aromatic carbocycles. The second-order valence-electron chi connectivity index (χ2n) is 5.69. The predicted molar refractivity (Wildman–Crippen MR) is 87.3 cm³/mol. The molecule has 118 valence electrons. The fourth-order valence-corrected chi connectivity index (χ4v) is 2.34. The number of aliphatic hydroxyl groups is 1. The van der Waals surface area contributed by atoms with Gasteiger partial charge in [-0.1, -0.05) is 51.0 Å². The zero-order valence-electron chi connectivity index (χ0n) is 13.4. The van der Waals surface area contributed by atoms with E-state index in [2.05, 4.69) is 43.4 Å². The van der Waals surface area contributed by atoms with Gasteiger partial charge in [0.2, 0.25) is 5.91 Å². The minimum atomic E-state index is 0.0627. The van der Waals surface area contributed by atoms with Gasteiger partial charge >= 0.3 is 0 Å². The van der Waals surface area contributed by atoms with Crippen LogP contribution in [-0.4, -0.2) is 24.2 Å². The first-order valence-corrected chi connectivity index (χ1v) is 8.14. The molecular formula is C18H29NO2. The Labute approximate surface area is 128 Å². The van der Waals surface area contributed by atoms with Gasteiger partial charge in [-0.25, -0.2) is 0 Å². The maximum absolute atomic E-state index is 11.9. The Hall–Kier alpha value is -1.35. The van der Waals surface area contributed by atoms with Crippen molar-refractivity contribution in [2.45, 2.75) is 52.4 Å². The van der Waals surface area contributed by atoms with Crippen molar-refractivity contribution in [2.75, 3.05) is 13.2 Å². The Morgan fingerprint density at radius 2 is 1.86 bits per heavy atom. The molecule has 0 saturated heterocycles. The minimum Gasteiger partial charge on any atom is -0.396 e. The number of aryl methyl sites for hydroxylation is 1. The summed E-state index contributed by atoms with van der Waals surface area (Å²) in [4.78, 5) is 11.9. The van der Waals surface area contributed by atoms with Crippen molar-refractivity contribution in [3.63, 3.8) is 0 Å². The molecule has 0 fully saturated rings. The molecule has 1 rings (SSSR count). The first-order valence-electron chi connectivity index (χ1n) is 8.14. The summed E-state index contributed by atoms with van der Waals surface area (Å²) < 4.78 is 0. The van der Waals surface area contributed by atoms with Crippen LogP contribution < -0.4 is 5.32 Å². The van der Waals surface area contributed by atoms with E-state index in [0.29, 0.717) is 18.9 Å². The van der Waals surface area contributed by atoms with Gasteiger partial charge in [0.1, 0.15) is 0 Å². The van der Waals surface area contributed by atoms with Gasteiger partial charge in [-0.05, 0) is 36.3 Å². The minimum absolute atomic E-state index is 0.0627. The van der Waals surface area contributed by atoms with E-state index in [9.17, 15) is 4.79 Å². The van der Waals surface area contributed by atoms with Crippen molar-refractivity contribution in [1.82, 2.24) is 5.32 Å². The molecule has 0 spiro atoms. The third-order valence-electron chi connectivity index (χ3n) is 3.91. The molecule has 21 heavy (non-hydrogen) atoms. The van der Waals surface area contributed by atoms with Crippen molar-refractivity contribution in [3.8, 4) is 0 Å². The summed E-state index contributed by atoms with van der Waals surface area (Å²) in [5.41, 5.74) is 2.40. The molecule has 0 aliphatic heterocycles. The van der Waals surface area contributed by atoms with E-state index >= 15 is 0 Å². The second-order valence-corrected chi connectivity index (χ2v) is 5.69. The van der Waals surface area contributed by atoms with E-state index in [4.69, 9.17) is 5.11 Å². The molecule has 0 aliphatic rings. The molecule has 0 aromatic heterocycles. The van der Waals surface area contributed by atoms with Crippen LogP contribution in [0.25, 0.3) is 0 Å². The Morgan fingerprint density at radius 1 is 1.19 bits per heavy atom. The van der Waals surface area contributed by atoms with Crippen molar-refractivity contribution >= 4 is 5.91 Å². The Bertz CT molecular complexity index is 400. The van der Waals surface area contributed by atoms with E-state index < -0.39 is 0 Å². The van der Waals surface area contributed by atoms with Crippen LogP contribution in [0.5, 0.6) is 0 Å². The van der Waals surface area contributed by atoms with Gasteiger partial charge in [-0.3, -0.25) is 4.79 Å². The largest absolute Gasteiger partial charge is 0.396 e. The van der Waals surface area contributed by atoms with E-state index in [1.807, 2.05) is 0 Å². The van der Waals surface area contributed by atoms with Crippen LogP contribution in [-0.2, 0) is 17.6 Å². The number of unbranched alkanes of at least 4 members (excludes halogenated alkanes) is 1. The molecular weight excluding hydrogens is 262 g/mol. The average Bonchev–Trinajstić information content (AvgIpc) is 2.50. The molecule has 1 unspecified atom stereocenters. The summed E-state index contributed by atoms with van der Waals surface area (Å²) in [5.74, 6) is 0.433. The molecule has 0 heterocycles. The highest BCUT2D eigenvalue weighted by atomic mass is 16.3. The first kappa shape index (κ1) is 17.7. The molecule has 1 atom stereocenters. The summed E-state index contributed by atoms with van der Waals surface area (Å²) in [5, 5.41) is 11.9. The maximum Gasteiger partial charge on any atom is 0.224 e. The molecule has 1 amide bonds. The number of aliphatic hydroxyl groups excluding tert-OH is 1. The summed E-state index contributed by atoms with van der Waals surface area (Å²) in [6, 6.07) is 8.35. The third kappa shape index (κ3) is 7.28. The van der Waals surface area contributed by atoms with Crippen LogP contribution in [0.4, 0.5) is 0 Å². The topological polar surface area (TPSA) is 49.3 Å². The lowest BCUT2D eigenvalue weighted by Crippen LogP contribution is -2.30. The quantitative estimate of drug-likeness (QED) is 0.696. The number of hydrogen-bond acceptors (Lipinski definition) is 2. The number of carbonyl (C=O) groups is 1. The number of carbonyl (C=O) groups excluding carboxylic acids is 1. The molecule has 3 heteroatoms. The third-order valence-corrected chi connectivity index (χ3v) is 3.91. The Kier molecular flexibility index (Phi) is 8.76. The molecule has 0 bridgehead atoms. The van der Waals surface area contributed by atoms with Crippen LogP contribution in [0.2, 0.25) is 0 Å². The summed E-state index contributed by atoms with van der Waals surface area (Å²) >= 11 is 0. The number of benzene rings is 1. The van der Waals surface area contributed by atoms with Crippen molar-refractivity contribution in [1.29, 1.82) is 0 Å². The zero-order valence-corrected chi connectivity index (χ0v) is 13.4. The summed E-state index contributed by atoms with van der Waals surface area (Å²) in [6.07, 6.45) is 5.70. The lowest BCUT2D eigenvalue weighted by atomic mass is 10.0. The molecule has 0 radical (unpaired) electrons. The smallest absolute Gasteiger partial charge is 0.224 e. The number of rotatable bonds is 10. The molecule has 1 aromatic rings. The summed E-state index contributed by atoms with van der Waals surface area (Å²) in [6.45, 7) is 5.12. The van der Waals surface area contributed by atoms with Crippen LogP contribution in [0.15, 0.2) is 24.3 Å². The fourth-order valence-electron chi connectivity index (χ4n) is 2.34. The van der Waals surface area contributed by atoms with Gasteiger partial charge in [-0.2, -0.15) is 0 Å². The lowest BCUT2D eigenvalue weighted by molar-refractivity contribution is -0.120. The highest BCUT2D eigenvalue weighted by Gasteiger charge is 2.08. The predicted octanol–water partition coefficient (Wildman–Crippen LogP) is 3.10. The fraction of sp³-hybridized carbons (Fsp3) is 0.611. The van der Waals surface area contributed by atoms with Gasteiger partial charge in [0.05, 0.1) is 6.42 Å². The zero-order chi connectivity index (χ0) is 15.5. The standard InChI is InChI=1S/C18H29NO2/c1-3-5-6-16-7-9-17(10-8-16)13-18(21)19-14-15(4-2)11-12-20/h7-10,15,20H,3-6,11-14H2,1-2H3,(H,19,21). The highest BCUT2D eigenvalue weighted by molar-refractivity contribution is 5.78. The van der Waals surface area contributed by atoms with E-state index in [0.717, 1.165) is 24.8 Å². The molecule has 3 nitrogen and oxygen atoms in total. The normalized spacial score (nSPS) is 12.1. The molecule has 2 N–H and O–H groups in total. The highest BCUT2D eigenvalue weighted by Crippen LogP contribution is 2.09. The number of hydrogen-bond donors (Lipinski definition) is 2. The van der Waals surface area contributed by atoms with Crippen LogP contribution in [0, 0.1) is 5.92 Å². The Morgan fingerprint density at radius 3 is 2.43 bits per heavy atom. The molecule has 0 aliphatic carbocycles. The van der Waals surface area contributed by atoms with Gasteiger partial charge < -0.3 is 10.4 Å². The number of nitrogens with one attached hydrogen (secondary N) is 1. The number of amides is 1. The van der Waals surface area contributed by atoms with E-state index in [1.165, 1.54) is 18.4 Å². The molecule has 0 saturated carbocycles. The van der Waals surface area contributed by atoms with Crippen LogP contribution in [0.1, 0.15) is 50.7 Å². The average molecular weight is 291 g/mol. The van der Waals surface area contributed by atoms with Crippen molar-refractivity contribution in [3.05, 3.63) is 35.4 Å². The lowest BCUT2D eigenvalue weighted by Gasteiger charge is -2.14. The van der Waals surface area contributed by atoms with Crippen LogP contribution in [0.3, 0.4) is 0 Å². The van der Waals surface area contributed by atoms with Gasteiger partial charge in [0.15, 0.2) is 0 Å². The van der Waals surface area contributed by atoms with Gasteiger partial charge in [0, 0.05) is 13.2 Å². The van der Waals surface area contributed by atoms with Crippen molar-refractivity contribution in [2.24, 2.45) is 5.92 Å². The van der Waals surface area contributed by atoms with E-state index in [-0.39, 0.29) is 12.5 Å². The SMILES string of the molecule is CCCCc1ccc(CC(=O)NCC(CC)CCO)cc1. The van der Waals surface area contributed by atoms with Crippen LogP contribution >= 0.6 is 0 Å². The summed E-state index contributed by atoms with van der Waals surface area (Å²) in [7, 11) is 0. The second kappa shape index (κ2) is 10.4. The Balaban J connectivity index is 2.36. The first-order chi connectivity index (χ1) is 10.2. The van der Waals surface area contributed by atoms with E-state index in [1.54, 1.807) is 0 Å². The monoisotopic (exact) mass is 291 g/mol.